The highest BCUT2D eigenvalue weighted by Gasteiger charge is 2.32. The normalized spacial score (nSPS) is 21.9. The van der Waals surface area contributed by atoms with E-state index in [2.05, 4.69) is 47.9 Å². The van der Waals surface area contributed by atoms with Crippen molar-refractivity contribution in [3.05, 3.63) is 76.4 Å². The molecular weight excluding hydrogens is 841 g/mol. The van der Waals surface area contributed by atoms with Crippen molar-refractivity contribution < 1.29 is 32.3 Å². The molecule has 2 saturated heterocycles. The van der Waals surface area contributed by atoms with E-state index in [1.54, 1.807) is 34.6 Å². The number of hydrogen-bond donors (Lipinski definition) is 3. The summed E-state index contributed by atoms with van der Waals surface area (Å²) in [6.07, 6.45) is 9.71. The first-order chi connectivity index (χ1) is 31.4. The van der Waals surface area contributed by atoms with Gasteiger partial charge in [0.05, 0.1) is 35.5 Å². The number of alkyl halides is 2. The van der Waals surface area contributed by atoms with Crippen LogP contribution in [-0.4, -0.2) is 115 Å². The molecule has 1 unspecified atom stereocenters. The maximum atomic E-state index is 14.2. The Labute approximate surface area is 374 Å². The van der Waals surface area contributed by atoms with Crippen LogP contribution >= 0.6 is 0 Å². The van der Waals surface area contributed by atoms with E-state index >= 15 is 0 Å². The molecule has 346 valence electrons. The molecule has 4 aromatic heterocycles. The monoisotopic (exact) mass is 897 g/mol. The number of hydrogen-bond acceptors (Lipinski definition) is 12. The van der Waals surface area contributed by atoms with Crippen molar-refractivity contribution in [2.45, 2.75) is 88.8 Å². The maximum Gasteiger partial charge on any atom is 0.329 e. The predicted octanol–water partition coefficient (Wildman–Crippen LogP) is 5.57. The van der Waals surface area contributed by atoms with Crippen LogP contribution in [0, 0.1) is 11.8 Å². The molecule has 2 saturated carbocycles. The molecule has 1 aromatic carbocycles. The van der Waals surface area contributed by atoms with E-state index in [-0.39, 0.29) is 47.4 Å². The van der Waals surface area contributed by atoms with E-state index < -0.39 is 30.0 Å². The minimum atomic E-state index is -2.87. The number of amides is 3. The SMILES string of the molecule is CN(CC1CCC(n2cc(NC(=O)c3coc(-c4ccnc(NCC5CC5)c4)n3)c(C(F)F)n2)CC1)C[C@H]1CN(CCCc2ccc3c(c2)n(C)c(=O)n3C2CCC(=O)NC2=O)CCO1. The fourth-order valence-corrected chi connectivity index (χ4v) is 9.63. The third-order valence-electron chi connectivity index (χ3n) is 13.3. The van der Waals surface area contributed by atoms with Crippen molar-refractivity contribution in [2.24, 2.45) is 18.9 Å². The third kappa shape index (κ3) is 10.4. The molecule has 3 N–H and O–H groups in total. The average Bonchev–Trinajstić information content (AvgIpc) is 3.71. The summed E-state index contributed by atoms with van der Waals surface area (Å²) in [5.74, 6) is 0.621. The standard InChI is InChI=1S/C46H57F2N11O6/c1-55(24-33-25-57(18-19-64-33)17-3-4-28-9-12-36-38(20-28)56(2)46(63)59(36)37-13-14-40(60)53-44(37)62)23-30-7-10-32(11-8-30)58-26-34(41(54-58)42(47)48)51-43(61)35-27-65-45(52-35)31-15-16-49-39(21-31)50-22-29-5-6-29/h9,12,15-16,20-21,26-27,29-30,32-33,37,42H,3-8,10-11,13-14,17-19,22-25H2,1-2H3,(H,49,50)(H,51,61)(H,53,60,62)/t30?,32?,33-,37?/m0/s1. The number of nitrogens with zero attached hydrogens (tertiary/aromatic N) is 8. The molecule has 4 fully saturated rings. The number of morpholine rings is 1. The molecule has 5 aromatic rings. The van der Waals surface area contributed by atoms with Gasteiger partial charge in [0.1, 0.15) is 18.1 Å². The minimum Gasteiger partial charge on any atom is -0.444 e. The number of anilines is 2. The first-order valence-electron chi connectivity index (χ1n) is 22.9. The number of benzene rings is 1. The smallest absolute Gasteiger partial charge is 0.329 e. The number of halogens is 2. The molecular formula is C46H57F2N11O6. The van der Waals surface area contributed by atoms with Crippen LogP contribution in [0.15, 0.2) is 58.2 Å². The van der Waals surface area contributed by atoms with Crippen molar-refractivity contribution in [3.63, 3.8) is 0 Å². The fourth-order valence-electron chi connectivity index (χ4n) is 9.63. The number of nitrogens with one attached hydrogen (secondary N) is 3. The Morgan fingerprint density at radius 1 is 1.02 bits per heavy atom. The molecule has 19 heteroatoms. The number of pyridine rings is 1. The van der Waals surface area contributed by atoms with Crippen LogP contribution < -0.4 is 21.6 Å². The number of piperidine rings is 1. The van der Waals surface area contributed by atoms with Crippen LogP contribution in [-0.2, 0) is 27.8 Å². The van der Waals surface area contributed by atoms with Crippen molar-refractivity contribution in [3.8, 4) is 11.5 Å². The van der Waals surface area contributed by atoms with Crippen molar-refractivity contribution in [2.75, 3.05) is 63.6 Å². The Morgan fingerprint density at radius 3 is 2.62 bits per heavy atom. The highest BCUT2D eigenvalue weighted by molar-refractivity contribution is 6.03. The lowest BCUT2D eigenvalue weighted by Crippen LogP contribution is -2.47. The number of rotatable bonds is 17. The summed E-state index contributed by atoms with van der Waals surface area (Å²) in [7, 11) is 3.84. The van der Waals surface area contributed by atoms with Gasteiger partial charge in [0.25, 0.3) is 12.3 Å². The summed E-state index contributed by atoms with van der Waals surface area (Å²) in [6.45, 7) is 5.85. The van der Waals surface area contributed by atoms with Crippen molar-refractivity contribution >= 4 is 40.3 Å². The second kappa shape index (κ2) is 19.4. The molecule has 2 aliphatic carbocycles. The Bertz CT molecular complexity index is 2570. The third-order valence-corrected chi connectivity index (χ3v) is 13.3. The van der Waals surface area contributed by atoms with Gasteiger partial charge in [-0.25, -0.2) is 23.5 Å². The zero-order valence-corrected chi connectivity index (χ0v) is 36.9. The van der Waals surface area contributed by atoms with E-state index in [1.165, 1.54) is 29.9 Å². The van der Waals surface area contributed by atoms with Crippen LogP contribution in [0.3, 0.4) is 0 Å². The Kier molecular flexibility index (Phi) is 13.2. The lowest BCUT2D eigenvalue weighted by atomic mass is 9.86. The van der Waals surface area contributed by atoms with Gasteiger partial charge in [0.15, 0.2) is 11.4 Å². The van der Waals surface area contributed by atoms with Crippen LogP contribution in [0.4, 0.5) is 20.3 Å². The summed E-state index contributed by atoms with van der Waals surface area (Å²) < 4.78 is 44.9. The fraction of sp³-hybridized carbons (Fsp3) is 0.543. The average molecular weight is 898 g/mol. The van der Waals surface area contributed by atoms with Gasteiger partial charge in [0, 0.05) is 64.1 Å². The van der Waals surface area contributed by atoms with Crippen LogP contribution in [0.5, 0.6) is 0 Å². The molecule has 3 amide bonds. The molecule has 0 radical (unpaired) electrons. The summed E-state index contributed by atoms with van der Waals surface area (Å²) in [5.41, 5.74) is 2.40. The van der Waals surface area contributed by atoms with Gasteiger partial charge >= 0.3 is 5.69 Å². The lowest BCUT2D eigenvalue weighted by molar-refractivity contribution is -0.135. The number of ether oxygens (including phenoxy) is 1. The number of likely N-dealkylation sites (N-methyl/N-ethyl adjacent to an activating group) is 1. The summed E-state index contributed by atoms with van der Waals surface area (Å²) in [5, 5.41) is 12.5. The number of aryl methyl sites for hydroxylation is 2. The largest absolute Gasteiger partial charge is 0.444 e. The van der Waals surface area contributed by atoms with Crippen LogP contribution in [0.25, 0.3) is 22.5 Å². The van der Waals surface area contributed by atoms with Gasteiger partial charge in [-0.1, -0.05) is 6.07 Å². The molecule has 65 heavy (non-hydrogen) atoms. The second-order valence-electron chi connectivity index (χ2n) is 18.2. The van der Waals surface area contributed by atoms with E-state index in [0.29, 0.717) is 41.8 Å². The number of fused-ring (bicyclic) bond motifs is 1. The number of imidazole rings is 1. The molecule has 2 aliphatic heterocycles. The molecule has 9 rings (SSSR count). The first-order valence-corrected chi connectivity index (χ1v) is 22.9. The van der Waals surface area contributed by atoms with Gasteiger partial charge in [-0.3, -0.25) is 38.4 Å². The summed E-state index contributed by atoms with van der Waals surface area (Å²) in [4.78, 5) is 64.1. The van der Waals surface area contributed by atoms with E-state index in [0.717, 1.165) is 88.9 Å². The van der Waals surface area contributed by atoms with Crippen LogP contribution in [0.2, 0.25) is 0 Å². The number of oxazole rings is 1. The first kappa shape index (κ1) is 44.4. The number of carbonyl (C=O) groups excluding carboxylic acids is 3. The maximum absolute atomic E-state index is 14.2. The quantitative estimate of drug-likeness (QED) is 0.0987. The Morgan fingerprint density at radius 2 is 1.83 bits per heavy atom. The molecule has 4 aliphatic rings. The minimum absolute atomic E-state index is 0.0309. The summed E-state index contributed by atoms with van der Waals surface area (Å²) >= 11 is 0. The van der Waals surface area contributed by atoms with E-state index in [9.17, 15) is 28.0 Å². The Balaban J connectivity index is 0.720. The van der Waals surface area contributed by atoms with E-state index in [4.69, 9.17) is 9.15 Å². The van der Waals surface area contributed by atoms with Gasteiger partial charge in [-0.05, 0) is 113 Å². The van der Waals surface area contributed by atoms with Gasteiger partial charge in [-0.2, -0.15) is 5.10 Å². The molecule has 17 nitrogen and oxygen atoms in total. The van der Waals surface area contributed by atoms with Crippen molar-refractivity contribution in [1.82, 2.24) is 44.0 Å². The van der Waals surface area contributed by atoms with Gasteiger partial charge in [0.2, 0.25) is 17.7 Å². The summed E-state index contributed by atoms with van der Waals surface area (Å²) in [6, 6.07) is 8.73. The molecule has 6 heterocycles. The van der Waals surface area contributed by atoms with Crippen LogP contribution in [0.1, 0.15) is 98.0 Å². The number of imide groups is 1. The van der Waals surface area contributed by atoms with Gasteiger partial charge < -0.3 is 24.7 Å². The van der Waals surface area contributed by atoms with E-state index in [1.807, 2.05) is 18.2 Å². The molecule has 0 spiro atoms. The zero-order valence-electron chi connectivity index (χ0n) is 36.9. The topological polar surface area (TPSA) is 187 Å². The lowest BCUT2D eigenvalue weighted by Gasteiger charge is -2.36. The predicted molar refractivity (Wildman–Crippen MR) is 238 cm³/mol. The van der Waals surface area contributed by atoms with Gasteiger partial charge in [-0.15, -0.1) is 0 Å². The molecule has 2 atom stereocenters. The number of carbonyl (C=O) groups is 3. The highest BCUT2D eigenvalue weighted by Crippen LogP contribution is 2.36. The van der Waals surface area contributed by atoms with Crippen molar-refractivity contribution in [1.29, 1.82) is 0 Å². The highest BCUT2D eigenvalue weighted by atomic mass is 19.3. The Hall–Kier alpha value is -5.79. The zero-order chi connectivity index (χ0) is 45.2. The molecule has 0 bridgehead atoms. The number of aromatic nitrogens is 6. The second-order valence-corrected chi connectivity index (χ2v) is 18.2.